The minimum Gasteiger partial charge on any atom is -0.618 e. The molecule has 0 amide bonds. The van der Waals surface area contributed by atoms with E-state index in [1.807, 2.05) is 13.0 Å². The molecule has 0 unspecified atom stereocenters. The van der Waals surface area contributed by atoms with E-state index in [2.05, 4.69) is 0 Å². The van der Waals surface area contributed by atoms with Crippen LogP contribution in [0.15, 0.2) is 54.7 Å². The molecule has 27 heavy (non-hydrogen) atoms. The molecule has 0 atom stereocenters. The summed E-state index contributed by atoms with van der Waals surface area (Å²) in [6.45, 7) is 1.92. The number of hydrogen-bond acceptors (Lipinski definition) is 4. The monoisotopic (exact) mass is 383 g/mol. The highest BCUT2D eigenvalue weighted by molar-refractivity contribution is 6.38. The van der Waals surface area contributed by atoms with Gasteiger partial charge in [-0.1, -0.05) is 36.7 Å². The van der Waals surface area contributed by atoms with Crippen molar-refractivity contribution in [2.24, 2.45) is 0 Å². The van der Waals surface area contributed by atoms with Gasteiger partial charge in [0.25, 0.3) is 0 Å². The third kappa shape index (κ3) is 4.09. The molecule has 0 bridgehead atoms. The predicted octanol–water partition coefficient (Wildman–Crippen LogP) is 4.47. The van der Waals surface area contributed by atoms with E-state index in [-0.39, 0.29) is 23.0 Å². The highest BCUT2D eigenvalue weighted by Gasteiger charge is 2.19. The van der Waals surface area contributed by atoms with Crippen LogP contribution in [0, 0.1) is 5.21 Å². The molecule has 0 radical (unpaired) electrons. The van der Waals surface area contributed by atoms with Crippen molar-refractivity contribution in [1.29, 1.82) is 0 Å². The second-order valence-electron chi connectivity index (χ2n) is 6.15. The van der Waals surface area contributed by atoms with Crippen LogP contribution in [0.4, 0.5) is 0 Å². The molecule has 0 aliphatic carbocycles. The number of Topliss-reactive ketones (excluding diaryl/α,β-unsaturated/α-hetero) is 1. The number of ketones is 1. The van der Waals surface area contributed by atoms with Gasteiger partial charge in [0, 0.05) is 12.5 Å². The van der Waals surface area contributed by atoms with Crippen LogP contribution in [0.2, 0.25) is 5.02 Å². The third-order valence-electron chi connectivity index (χ3n) is 4.17. The van der Waals surface area contributed by atoms with Crippen molar-refractivity contribution in [1.82, 2.24) is 0 Å². The first kappa shape index (κ1) is 18.9. The molecule has 0 spiro atoms. The fourth-order valence-corrected chi connectivity index (χ4v) is 3.10. The van der Waals surface area contributed by atoms with Crippen LogP contribution < -0.4 is 4.73 Å². The van der Waals surface area contributed by atoms with Crippen molar-refractivity contribution in [2.75, 3.05) is 0 Å². The molecule has 1 aromatic heterocycles. The maximum Gasteiger partial charge on any atom is 0.338 e. The lowest BCUT2D eigenvalue weighted by molar-refractivity contribution is -0.577. The van der Waals surface area contributed by atoms with Crippen molar-refractivity contribution < 1.29 is 19.1 Å². The molecule has 0 aliphatic heterocycles. The van der Waals surface area contributed by atoms with E-state index in [4.69, 9.17) is 16.3 Å². The van der Waals surface area contributed by atoms with E-state index in [1.165, 1.54) is 6.20 Å². The van der Waals surface area contributed by atoms with Gasteiger partial charge in [-0.25, -0.2) is 4.79 Å². The quantitative estimate of drug-likeness (QED) is 0.272. The minimum atomic E-state index is -0.437. The summed E-state index contributed by atoms with van der Waals surface area (Å²) < 4.78 is 5.96. The summed E-state index contributed by atoms with van der Waals surface area (Å²) in [4.78, 5) is 24.3. The summed E-state index contributed by atoms with van der Waals surface area (Å²) in [6.07, 6.45) is 2.21. The molecule has 5 nitrogen and oxygen atoms in total. The van der Waals surface area contributed by atoms with Gasteiger partial charge in [-0.05, 0) is 36.2 Å². The lowest BCUT2D eigenvalue weighted by atomic mass is 10.0. The third-order valence-corrected chi connectivity index (χ3v) is 4.58. The van der Waals surface area contributed by atoms with E-state index in [0.717, 1.165) is 0 Å². The van der Waals surface area contributed by atoms with Crippen molar-refractivity contribution >= 4 is 34.3 Å². The van der Waals surface area contributed by atoms with Crippen LogP contribution in [0.3, 0.4) is 0 Å². The highest BCUT2D eigenvalue weighted by Crippen LogP contribution is 2.27. The first-order valence-electron chi connectivity index (χ1n) is 8.61. The van der Waals surface area contributed by atoms with Crippen molar-refractivity contribution in [2.45, 2.75) is 26.4 Å². The fraction of sp³-hybridized carbons (Fsp3) is 0.190. The summed E-state index contributed by atoms with van der Waals surface area (Å²) in [6, 6.07) is 13.7. The van der Waals surface area contributed by atoms with E-state index >= 15 is 0 Å². The molecule has 3 rings (SSSR count). The number of pyridine rings is 1. The lowest BCUT2D eigenvalue weighted by Gasteiger charge is -2.10. The number of halogens is 1. The molecule has 0 saturated carbocycles. The Hall–Kier alpha value is -2.92. The molecular formula is C21H18ClNO4. The summed E-state index contributed by atoms with van der Waals surface area (Å²) in [5.41, 5.74) is 1.69. The molecule has 1 heterocycles. The average Bonchev–Trinajstić information content (AvgIpc) is 2.69. The Kier molecular flexibility index (Phi) is 5.72. The zero-order valence-electron chi connectivity index (χ0n) is 14.8. The van der Waals surface area contributed by atoms with Gasteiger partial charge < -0.3 is 9.94 Å². The van der Waals surface area contributed by atoms with E-state index in [0.29, 0.717) is 39.6 Å². The molecule has 0 N–H and O–H groups in total. The predicted molar refractivity (Wildman–Crippen MR) is 103 cm³/mol. The highest BCUT2D eigenvalue weighted by atomic mass is 35.5. The summed E-state index contributed by atoms with van der Waals surface area (Å²) >= 11 is 6.39. The van der Waals surface area contributed by atoms with Crippen LogP contribution >= 0.6 is 11.6 Å². The molecule has 0 fully saturated rings. The number of nitrogens with zero attached hydrogens (tertiary/aromatic N) is 1. The average molecular weight is 384 g/mol. The Balaban J connectivity index is 1.88. The number of esters is 1. The van der Waals surface area contributed by atoms with Crippen LogP contribution in [-0.4, -0.2) is 11.8 Å². The summed E-state index contributed by atoms with van der Waals surface area (Å²) in [7, 11) is 0. The second kappa shape index (κ2) is 8.18. The summed E-state index contributed by atoms with van der Waals surface area (Å²) in [5, 5.41) is 12.9. The van der Waals surface area contributed by atoms with Crippen molar-refractivity contribution in [3.63, 3.8) is 0 Å². The second-order valence-corrected chi connectivity index (χ2v) is 6.53. The lowest BCUT2D eigenvalue weighted by Crippen LogP contribution is -2.28. The van der Waals surface area contributed by atoms with E-state index in [1.54, 1.807) is 42.5 Å². The topological polar surface area (TPSA) is 70.3 Å². The zero-order valence-corrected chi connectivity index (χ0v) is 15.5. The molecule has 0 aliphatic rings. The smallest absolute Gasteiger partial charge is 0.338 e. The van der Waals surface area contributed by atoms with Crippen LogP contribution in [-0.2, 0) is 11.3 Å². The van der Waals surface area contributed by atoms with Crippen molar-refractivity contribution in [3.8, 4) is 0 Å². The number of rotatable bonds is 6. The molecule has 6 heteroatoms. The Labute approximate surface area is 161 Å². The SMILES string of the molecule is CCCC(=O)c1c[n+]([O-])c2ccc(COC(=O)c3ccccc3)cc2c1Cl. The number of ether oxygens (including phenoxy) is 1. The molecule has 0 saturated heterocycles. The number of carbonyl (C=O) groups excluding carboxylic acids is 2. The van der Waals surface area contributed by atoms with Crippen molar-refractivity contribution in [3.05, 3.63) is 81.6 Å². The van der Waals surface area contributed by atoms with Crippen LogP contribution in [0.5, 0.6) is 0 Å². The fourth-order valence-electron chi connectivity index (χ4n) is 2.79. The van der Waals surface area contributed by atoms with Crippen LogP contribution in [0.25, 0.3) is 10.9 Å². The van der Waals surface area contributed by atoms with Gasteiger partial charge in [-0.3, -0.25) is 4.79 Å². The number of aromatic nitrogens is 1. The maximum atomic E-state index is 12.2. The molecule has 138 valence electrons. The van der Waals surface area contributed by atoms with E-state index < -0.39 is 5.97 Å². The number of carbonyl (C=O) groups is 2. The van der Waals surface area contributed by atoms with Gasteiger partial charge in [0.15, 0.2) is 12.0 Å². The van der Waals surface area contributed by atoms with Crippen LogP contribution in [0.1, 0.15) is 46.0 Å². The maximum absolute atomic E-state index is 12.2. The number of fused-ring (bicyclic) bond motifs is 1. The first-order valence-corrected chi connectivity index (χ1v) is 8.98. The first-order chi connectivity index (χ1) is 13.0. The Morgan fingerprint density at radius 2 is 1.89 bits per heavy atom. The largest absolute Gasteiger partial charge is 0.618 e. The van der Waals surface area contributed by atoms with Gasteiger partial charge in [0.05, 0.1) is 16.0 Å². The normalized spacial score (nSPS) is 10.7. The Bertz CT molecular complexity index is 1000. The molecule has 2 aromatic carbocycles. The Morgan fingerprint density at radius 3 is 2.59 bits per heavy atom. The van der Waals surface area contributed by atoms with Gasteiger partial charge in [0.2, 0.25) is 5.52 Å². The zero-order chi connectivity index (χ0) is 19.4. The Morgan fingerprint density at radius 1 is 1.15 bits per heavy atom. The minimum absolute atomic E-state index is 0.0337. The molecular weight excluding hydrogens is 366 g/mol. The van der Waals surface area contributed by atoms with E-state index in [9.17, 15) is 14.8 Å². The van der Waals surface area contributed by atoms with Gasteiger partial charge in [0.1, 0.15) is 12.2 Å². The van der Waals surface area contributed by atoms with Gasteiger partial charge in [-0.15, -0.1) is 0 Å². The number of benzene rings is 2. The van der Waals surface area contributed by atoms with Gasteiger partial charge in [-0.2, -0.15) is 4.73 Å². The standard InChI is InChI=1S/C21H18ClNO4/c1-2-6-19(24)17-12-23(26)18-10-9-14(11-16(18)20(17)22)13-27-21(25)15-7-4-3-5-8-15/h3-5,7-12H,2,6,13H2,1H3. The molecule has 3 aromatic rings. The summed E-state index contributed by atoms with van der Waals surface area (Å²) in [5.74, 6) is -0.609. The number of hydrogen-bond donors (Lipinski definition) is 0. The van der Waals surface area contributed by atoms with Gasteiger partial charge >= 0.3 is 5.97 Å².